The van der Waals surface area contributed by atoms with Gasteiger partial charge in [-0.2, -0.15) is 0 Å². The Morgan fingerprint density at radius 3 is 2.50 bits per heavy atom. The molecular weight excluding hydrogens is 194 g/mol. The Labute approximate surface area is 100 Å². The summed E-state index contributed by atoms with van der Waals surface area (Å²) in [5, 5.41) is 3.66. The third kappa shape index (κ3) is 3.97. The maximum atomic E-state index is 3.66. The van der Waals surface area contributed by atoms with E-state index in [1.54, 1.807) is 0 Å². The molecular formula is C15H25N. The van der Waals surface area contributed by atoms with Crippen molar-refractivity contribution >= 4 is 0 Å². The lowest BCUT2D eigenvalue weighted by molar-refractivity contribution is 0.480. The predicted molar refractivity (Wildman–Crippen MR) is 71.7 cm³/mol. The van der Waals surface area contributed by atoms with Gasteiger partial charge in [0.15, 0.2) is 0 Å². The molecule has 0 amide bonds. The summed E-state index contributed by atoms with van der Waals surface area (Å²) >= 11 is 0. The Balaban J connectivity index is 2.70. The van der Waals surface area contributed by atoms with Gasteiger partial charge in [0.25, 0.3) is 0 Å². The largest absolute Gasteiger partial charge is 0.310 e. The molecule has 0 aliphatic carbocycles. The minimum absolute atomic E-state index is 0.543. The summed E-state index contributed by atoms with van der Waals surface area (Å²) in [5.41, 5.74) is 2.89. The molecule has 1 N–H and O–H groups in total. The van der Waals surface area contributed by atoms with Crippen LogP contribution in [0.2, 0.25) is 0 Å². The van der Waals surface area contributed by atoms with E-state index in [4.69, 9.17) is 0 Å². The fourth-order valence-electron chi connectivity index (χ4n) is 2.07. The molecule has 0 radical (unpaired) electrons. The highest BCUT2D eigenvalue weighted by Crippen LogP contribution is 2.22. The van der Waals surface area contributed by atoms with Crippen LogP contribution >= 0.6 is 0 Å². The van der Waals surface area contributed by atoms with Gasteiger partial charge < -0.3 is 5.32 Å². The number of nitrogens with one attached hydrogen (secondary N) is 1. The normalized spacial score (nSPS) is 12.7. The molecule has 1 aromatic rings. The average Bonchev–Trinajstić information content (AvgIpc) is 2.31. The lowest BCUT2D eigenvalue weighted by Gasteiger charge is -2.20. The molecule has 0 saturated heterocycles. The van der Waals surface area contributed by atoms with E-state index in [1.165, 1.54) is 36.8 Å². The fraction of sp³-hybridized carbons (Fsp3) is 0.600. The van der Waals surface area contributed by atoms with Crippen LogP contribution in [0, 0.1) is 6.92 Å². The van der Waals surface area contributed by atoms with Crippen molar-refractivity contribution in [2.75, 3.05) is 6.54 Å². The van der Waals surface area contributed by atoms with Gasteiger partial charge in [-0.25, -0.2) is 0 Å². The summed E-state index contributed by atoms with van der Waals surface area (Å²) in [4.78, 5) is 0. The second kappa shape index (κ2) is 7.45. The zero-order chi connectivity index (χ0) is 11.8. The molecule has 1 heteroatoms. The number of aryl methyl sites for hydroxylation is 1. The first-order valence-electron chi connectivity index (χ1n) is 6.58. The average molecular weight is 219 g/mol. The van der Waals surface area contributed by atoms with Gasteiger partial charge in [0.1, 0.15) is 0 Å². The van der Waals surface area contributed by atoms with Crippen LogP contribution in [-0.4, -0.2) is 6.54 Å². The minimum Gasteiger partial charge on any atom is -0.310 e. The number of rotatable bonds is 7. The van der Waals surface area contributed by atoms with Crippen LogP contribution in [0.1, 0.15) is 56.7 Å². The van der Waals surface area contributed by atoms with Crippen LogP contribution in [0.15, 0.2) is 24.3 Å². The maximum absolute atomic E-state index is 3.66. The quantitative estimate of drug-likeness (QED) is 0.723. The van der Waals surface area contributed by atoms with Crippen molar-refractivity contribution in [3.63, 3.8) is 0 Å². The van der Waals surface area contributed by atoms with Crippen LogP contribution in [0.4, 0.5) is 0 Å². The van der Waals surface area contributed by atoms with E-state index in [1.807, 2.05) is 0 Å². The van der Waals surface area contributed by atoms with Gasteiger partial charge in [0.05, 0.1) is 0 Å². The van der Waals surface area contributed by atoms with Crippen LogP contribution < -0.4 is 5.32 Å². The Hall–Kier alpha value is -0.820. The highest BCUT2D eigenvalue weighted by molar-refractivity contribution is 5.28. The van der Waals surface area contributed by atoms with E-state index in [-0.39, 0.29) is 0 Å². The number of benzene rings is 1. The van der Waals surface area contributed by atoms with Crippen molar-refractivity contribution in [1.82, 2.24) is 5.32 Å². The fourth-order valence-corrected chi connectivity index (χ4v) is 2.07. The van der Waals surface area contributed by atoms with Crippen LogP contribution in [0.25, 0.3) is 0 Å². The van der Waals surface area contributed by atoms with Gasteiger partial charge in [-0.05, 0) is 37.4 Å². The zero-order valence-electron chi connectivity index (χ0n) is 10.9. The second-order valence-corrected chi connectivity index (χ2v) is 4.51. The number of hydrogen-bond acceptors (Lipinski definition) is 1. The summed E-state index contributed by atoms with van der Waals surface area (Å²) in [6.07, 6.45) is 5.03. The van der Waals surface area contributed by atoms with Crippen molar-refractivity contribution in [1.29, 1.82) is 0 Å². The number of hydrogen-bond donors (Lipinski definition) is 1. The molecule has 0 fully saturated rings. The van der Waals surface area contributed by atoms with Crippen LogP contribution in [0.3, 0.4) is 0 Å². The van der Waals surface area contributed by atoms with Crippen molar-refractivity contribution in [3.8, 4) is 0 Å². The molecule has 1 unspecified atom stereocenters. The molecule has 1 nitrogen and oxygen atoms in total. The van der Waals surface area contributed by atoms with Gasteiger partial charge in [-0.3, -0.25) is 0 Å². The molecule has 0 saturated carbocycles. The highest BCUT2D eigenvalue weighted by atomic mass is 14.9. The molecule has 90 valence electrons. The van der Waals surface area contributed by atoms with Gasteiger partial charge >= 0.3 is 0 Å². The van der Waals surface area contributed by atoms with Crippen molar-refractivity contribution in [2.45, 2.75) is 52.5 Å². The summed E-state index contributed by atoms with van der Waals surface area (Å²) in [5.74, 6) is 0. The topological polar surface area (TPSA) is 12.0 Å². The van der Waals surface area contributed by atoms with E-state index in [0.29, 0.717) is 6.04 Å². The van der Waals surface area contributed by atoms with Crippen molar-refractivity contribution < 1.29 is 0 Å². The first-order valence-corrected chi connectivity index (χ1v) is 6.58. The van der Waals surface area contributed by atoms with Gasteiger partial charge in [0, 0.05) is 6.04 Å². The van der Waals surface area contributed by atoms with Crippen molar-refractivity contribution in [2.24, 2.45) is 0 Å². The lowest BCUT2D eigenvalue weighted by Crippen LogP contribution is -2.22. The first kappa shape index (κ1) is 13.2. The van der Waals surface area contributed by atoms with Gasteiger partial charge in [0.2, 0.25) is 0 Å². The summed E-state index contributed by atoms with van der Waals surface area (Å²) in [6.45, 7) is 7.81. The predicted octanol–water partition coefficient (Wildman–Crippen LogP) is 4.23. The van der Waals surface area contributed by atoms with E-state index in [0.717, 1.165) is 6.54 Å². The maximum Gasteiger partial charge on any atom is 0.0322 e. The molecule has 0 heterocycles. The lowest BCUT2D eigenvalue weighted by atomic mass is 9.97. The summed E-state index contributed by atoms with van der Waals surface area (Å²) in [6, 6.07) is 9.28. The van der Waals surface area contributed by atoms with E-state index < -0.39 is 0 Å². The van der Waals surface area contributed by atoms with E-state index in [9.17, 15) is 0 Å². The van der Waals surface area contributed by atoms with Gasteiger partial charge in [-0.1, -0.05) is 51.0 Å². The summed E-state index contributed by atoms with van der Waals surface area (Å²) in [7, 11) is 0. The van der Waals surface area contributed by atoms with E-state index >= 15 is 0 Å². The Morgan fingerprint density at radius 2 is 1.88 bits per heavy atom. The molecule has 0 aromatic heterocycles. The third-order valence-corrected chi connectivity index (χ3v) is 3.05. The Kier molecular flexibility index (Phi) is 6.17. The van der Waals surface area contributed by atoms with Crippen molar-refractivity contribution in [3.05, 3.63) is 35.4 Å². The molecule has 1 aromatic carbocycles. The molecule has 16 heavy (non-hydrogen) atoms. The van der Waals surface area contributed by atoms with Gasteiger partial charge in [-0.15, -0.1) is 0 Å². The molecule has 0 spiro atoms. The minimum atomic E-state index is 0.543. The Bertz CT molecular complexity index is 285. The third-order valence-electron chi connectivity index (χ3n) is 3.05. The molecule has 0 bridgehead atoms. The van der Waals surface area contributed by atoms with E-state index in [2.05, 4.69) is 50.4 Å². The zero-order valence-corrected chi connectivity index (χ0v) is 10.9. The molecule has 0 aliphatic rings. The standard InChI is InChI=1S/C15H25N/c1-4-6-11-15(16-12-5-2)14-10-8-7-9-13(14)3/h7-10,15-16H,4-6,11-12H2,1-3H3. The summed E-state index contributed by atoms with van der Waals surface area (Å²) < 4.78 is 0. The van der Waals surface area contributed by atoms with Crippen LogP contribution in [0.5, 0.6) is 0 Å². The Morgan fingerprint density at radius 1 is 1.12 bits per heavy atom. The molecule has 0 aliphatic heterocycles. The molecule has 1 atom stereocenters. The molecule has 1 rings (SSSR count). The highest BCUT2D eigenvalue weighted by Gasteiger charge is 2.11. The first-order chi connectivity index (χ1) is 7.79. The SMILES string of the molecule is CCCCC(NCCC)c1ccccc1C. The monoisotopic (exact) mass is 219 g/mol. The van der Waals surface area contributed by atoms with Crippen LogP contribution in [-0.2, 0) is 0 Å². The smallest absolute Gasteiger partial charge is 0.0322 e. The number of unbranched alkanes of at least 4 members (excludes halogenated alkanes) is 1. The second-order valence-electron chi connectivity index (χ2n) is 4.51.